The molecule has 0 aliphatic rings. The summed E-state index contributed by atoms with van der Waals surface area (Å²) in [5.41, 5.74) is 1.47. The van der Waals surface area contributed by atoms with Crippen LogP contribution in [0.5, 0.6) is 0 Å². The summed E-state index contributed by atoms with van der Waals surface area (Å²) in [4.78, 5) is 24.4. The summed E-state index contributed by atoms with van der Waals surface area (Å²) >= 11 is 1.61. The fourth-order valence-corrected chi connectivity index (χ4v) is 2.46. The van der Waals surface area contributed by atoms with Crippen molar-refractivity contribution in [2.45, 2.75) is 17.4 Å². The highest BCUT2D eigenvalue weighted by molar-refractivity contribution is 7.98. The molecule has 0 radical (unpaired) electrons. The van der Waals surface area contributed by atoms with Gasteiger partial charge in [0.2, 0.25) is 0 Å². The third-order valence-corrected chi connectivity index (χ3v) is 3.98. The van der Waals surface area contributed by atoms with Gasteiger partial charge in [0.15, 0.2) is 0 Å². The van der Waals surface area contributed by atoms with Crippen molar-refractivity contribution in [1.82, 2.24) is 5.32 Å². The molecule has 2 aromatic rings. The Kier molecular flexibility index (Phi) is 6.05. The van der Waals surface area contributed by atoms with Gasteiger partial charge in [-0.25, -0.2) is 9.59 Å². The van der Waals surface area contributed by atoms with E-state index >= 15 is 0 Å². The Balaban J connectivity index is 1.96. The molecule has 0 aliphatic carbocycles. The Morgan fingerprint density at radius 3 is 2.30 bits per heavy atom. The molecule has 2 amide bonds. The third kappa shape index (κ3) is 5.34. The molecule has 1 atom stereocenters. The summed E-state index contributed by atoms with van der Waals surface area (Å²) < 4.78 is 0. The van der Waals surface area contributed by atoms with Crippen LogP contribution in [0.15, 0.2) is 59.5 Å². The van der Waals surface area contributed by atoms with Gasteiger partial charge in [0.1, 0.15) is 6.04 Å². The van der Waals surface area contributed by atoms with Crippen molar-refractivity contribution in [1.29, 1.82) is 0 Å². The third-order valence-electron chi connectivity index (χ3n) is 3.23. The van der Waals surface area contributed by atoms with E-state index in [1.165, 1.54) is 0 Å². The Morgan fingerprint density at radius 2 is 1.74 bits per heavy atom. The second kappa shape index (κ2) is 8.24. The molecule has 2 aromatic carbocycles. The maximum absolute atomic E-state index is 12.0. The second-order valence-electron chi connectivity index (χ2n) is 4.91. The van der Waals surface area contributed by atoms with Crippen molar-refractivity contribution in [2.75, 3.05) is 11.6 Å². The number of nitrogens with one attached hydrogen (secondary N) is 2. The number of hydrogen-bond acceptors (Lipinski definition) is 3. The van der Waals surface area contributed by atoms with Crippen LogP contribution in [0, 0.1) is 0 Å². The predicted octanol–water partition coefficient (Wildman–Crippen LogP) is 3.23. The van der Waals surface area contributed by atoms with E-state index in [0.29, 0.717) is 5.69 Å². The summed E-state index contributed by atoms with van der Waals surface area (Å²) in [6.07, 6.45) is 2.20. The highest BCUT2D eigenvalue weighted by Crippen LogP contribution is 2.17. The SMILES string of the molecule is CSc1ccc(NC(=O)NC(Cc2ccccc2)C(=O)O)cc1. The van der Waals surface area contributed by atoms with Crippen molar-refractivity contribution in [3.05, 3.63) is 60.2 Å². The zero-order valence-electron chi connectivity index (χ0n) is 12.7. The predicted molar refractivity (Wildman–Crippen MR) is 91.9 cm³/mol. The topological polar surface area (TPSA) is 78.4 Å². The van der Waals surface area contributed by atoms with Crippen molar-refractivity contribution in [3.8, 4) is 0 Å². The summed E-state index contributed by atoms with van der Waals surface area (Å²) in [5, 5.41) is 14.4. The molecule has 2 rings (SSSR count). The molecule has 0 saturated carbocycles. The molecule has 23 heavy (non-hydrogen) atoms. The van der Waals surface area contributed by atoms with Crippen molar-refractivity contribution < 1.29 is 14.7 Å². The van der Waals surface area contributed by atoms with Crippen molar-refractivity contribution >= 4 is 29.4 Å². The summed E-state index contributed by atoms with van der Waals surface area (Å²) in [6, 6.07) is 15.0. The Bertz CT molecular complexity index is 659. The standard InChI is InChI=1S/C17H18N2O3S/c1-23-14-9-7-13(8-10-14)18-17(22)19-15(16(20)21)11-12-5-3-2-4-6-12/h2-10,15H,11H2,1H3,(H,20,21)(H2,18,19,22). The number of carbonyl (C=O) groups is 2. The number of urea groups is 1. The van der Waals surface area contributed by atoms with Crippen LogP contribution in [-0.4, -0.2) is 29.4 Å². The molecular formula is C17H18N2O3S. The fourth-order valence-electron chi connectivity index (χ4n) is 2.05. The number of carboxylic acids is 1. The number of carboxylic acid groups (broad SMARTS) is 1. The molecule has 3 N–H and O–H groups in total. The average Bonchev–Trinajstić information content (AvgIpc) is 2.56. The van der Waals surface area contributed by atoms with Gasteiger partial charge < -0.3 is 15.7 Å². The second-order valence-corrected chi connectivity index (χ2v) is 5.79. The minimum Gasteiger partial charge on any atom is -0.480 e. The minimum absolute atomic E-state index is 0.231. The molecule has 1 unspecified atom stereocenters. The highest BCUT2D eigenvalue weighted by atomic mass is 32.2. The fraction of sp³-hybridized carbons (Fsp3) is 0.176. The lowest BCUT2D eigenvalue weighted by atomic mass is 10.1. The van der Waals surface area contributed by atoms with Gasteiger partial charge in [0, 0.05) is 17.0 Å². The number of carbonyl (C=O) groups excluding carboxylic acids is 1. The van der Waals surface area contributed by atoms with E-state index in [9.17, 15) is 14.7 Å². The number of anilines is 1. The van der Waals surface area contributed by atoms with E-state index in [-0.39, 0.29) is 6.42 Å². The first-order chi connectivity index (χ1) is 11.1. The van der Waals surface area contributed by atoms with Gasteiger partial charge in [-0.1, -0.05) is 30.3 Å². The summed E-state index contributed by atoms with van der Waals surface area (Å²) in [6.45, 7) is 0. The van der Waals surface area contributed by atoms with E-state index in [0.717, 1.165) is 10.5 Å². The first-order valence-corrected chi connectivity index (χ1v) is 8.29. The summed E-state index contributed by atoms with van der Waals surface area (Å²) in [5.74, 6) is -1.07. The van der Waals surface area contributed by atoms with Crippen molar-refractivity contribution in [3.63, 3.8) is 0 Å². The van der Waals surface area contributed by atoms with Gasteiger partial charge in [0.25, 0.3) is 0 Å². The molecule has 0 aliphatic heterocycles. The van der Waals surface area contributed by atoms with E-state index in [1.807, 2.05) is 48.7 Å². The minimum atomic E-state index is -1.07. The molecular weight excluding hydrogens is 312 g/mol. The van der Waals surface area contributed by atoms with Crippen LogP contribution in [0.2, 0.25) is 0 Å². The molecule has 0 heterocycles. The van der Waals surface area contributed by atoms with Crippen LogP contribution in [0.4, 0.5) is 10.5 Å². The first kappa shape index (κ1) is 16.9. The Morgan fingerprint density at radius 1 is 1.09 bits per heavy atom. The molecule has 120 valence electrons. The quantitative estimate of drug-likeness (QED) is 0.711. The van der Waals surface area contributed by atoms with Gasteiger partial charge >= 0.3 is 12.0 Å². The van der Waals surface area contributed by atoms with E-state index in [1.54, 1.807) is 23.9 Å². The van der Waals surface area contributed by atoms with Crippen LogP contribution in [0.3, 0.4) is 0 Å². The molecule has 0 bridgehead atoms. The van der Waals surface area contributed by atoms with Crippen LogP contribution in [0.25, 0.3) is 0 Å². The van der Waals surface area contributed by atoms with Gasteiger partial charge in [-0.3, -0.25) is 0 Å². The lowest BCUT2D eigenvalue weighted by Gasteiger charge is -2.15. The van der Waals surface area contributed by atoms with Crippen molar-refractivity contribution in [2.24, 2.45) is 0 Å². The normalized spacial score (nSPS) is 11.5. The molecule has 0 spiro atoms. The molecule has 5 nitrogen and oxygen atoms in total. The number of hydrogen-bond donors (Lipinski definition) is 3. The smallest absolute Gasteiger partial charge is 0.326 e. The van der Waals surface area contributed by atoms with Gasteiger partial charge in [0.05, 0.1) is 0 Å². The van der Waals surface area contributed by atoms with E-state index < -0.39 is 18.0 Å². The number of thioether (sulfide) groups is 1. The van der Waals surface area contributed by atoms with Gasteiger partial charge in [-0.15, -0.1) is 11.8 Å². The number of rotatable bonds is 6. The lowest BCUT2D eigenvalue weighted by Crippen LogP contribution is -2.44. The van der Waals surface area contributed by atoms with Gasteiger partial charge in [-0.2, -0.15) is 0 Å². The largest absolute Gasteiger partial charge is 0.480 e. The zero-order chi connectivity index (χ0) is 16.7. The number of benzene rings is 2. The maximum Gasteiger partial charge on any atom is 0.326 e. The van der Waals surface area contributed by atoms with Crippen LogP contribution < -0.4 is 10.6 Å². The Hall–Kier alpha value is -2.47. The van der Waals surface area contributed by atoms with Crippen LogP contribution >= 0.6 is 11.8 Å². The average molecular weight is 330 g/mol. The summed E-state index contributed by atoms with van der Waals surface area (Å²) in [7, 11) is 0. The monoisotopic (exact) mass is 330 g/mol. The number of aliphatic carboxylic acids is 1. The Labute approximate surface area is 139 Å². The van der Waals surface area contributed by atoms with Gasteiger partial charge in [-0.05, 0) is 36.1 Å². The lowest BCUT2D eigenvalue weighted by molar-refractivity contribution is -0.139. The molecule has 0 fully saturated rings. The highest BCUT2D eigenvalue weighted by Gasteiger charge is 2.20. The van der Waals surface area contributed by atoms with Crippen LogP contribution in [0.1, 0.15) is 5.56 Å². The molecule has 6 heteroatoms. The van der Waals surface area contributed by atoms with Crippen LogP contribution in [-0.2, 0) is 11.2 Å². The van der Waals surface area contributed by atoms with E-state index in [2.05, 4.69) is 10.6 Å². The zero-order valence-corrected chi connectivity index (χ0v) is 13.5. The molecule has 0 saturated heterocycles. The number of amides is 2. The van der Waals surface area contributed by atoms with E-state index in [4.69, 9.17) is 0 Å². The maximum atomic E-state index is 12.0. The first-order valence-electron chi connectivity index (χ1n) is 7.07. The molecule has 0 aromatic heterocycles.